The van der Waals surface area contributed by atoms with Crippen LogP contribution in [-0.4, -0.2) is 19.7 Å². The number of anilines is 1. The molecule has 0 spiro atoms. The molecule has 4 nitrogen and oxygen atoms in total. The minimum Gasteiger partial charge on any atom is -0.493 e. The third-order valence-electron chi connectivity index (χ3n) is 4.32. The molecule has 1 aliphatic rings. The summed E-state index contributed by atoms with van der Waals surface area (Å²) in [5.74, 6) is 2.23. The molecular formula is C22H26N2O2. The molecule has 0 amide bonds. The molecule has 1 aliphatic heterocycles. The number of hydrogen-bond donors (Lipinski definition) is 1. The highest BCUT2D eigenvalue weighted by atomic mass is 16.5. The number of dihydropyridines is 1. The van der Waals surface area contributed by atoms with Gasteiger partial charge in [0.05, 0.1) is 13.7 Å². The first-order valence-corrected chi connectivity index (χ1v) is 8.95. The standard InChI is InChI=1S/C22H26N2O2/c1-17(2)24(16-18-8-6-7-15-23-18)19-11-13-20(14-12-19)26-22-10-5-4-9-21(22)25-3/h4-5,7-15,17,23H,6,16H2,1-3H3. The maximum absolute atomic E-state index is 5.97. The van der Waals surface area contributed by atoms with E-state index < -0.39 is 0 Å². The molecule has 0 atom stereocenters. The van der Waals surface area contributed by atoms with E-state index in [1.165, 1.54) is 11.4 Å². The molecule has 0 aromatic heterocycles. The van der Waals surface area contributed by atoms with Gasteiger partial charge in [-0.25, -0.2) is 0 Å². The van der Waals surface area contributed by atoms with Crippen LogP contribution in [-0.2, 0) is 0 Å². The molecule has 0 saturated carbocycles. The zero-order valence-electron chi connectivity index (χ0n) is 15.6. The maximum Gasteiger partial charge on any atom is 0.169 e. The van der Waals surface area contributed by atoms with Crippen LogP contribution in [0.5, 0.6) is 17.2 Å². The molecule has 0 bridgehead atoms. The van der Waals surface area contributed by atoms with E-state index in [0.717, 1.165) is 24.5 Å². The number of ether oxygens (including phenoxy) is 2. The van der Waals surface area contributed by atoms with Crippen molar-refractivity contribution in [1.29, 1.82) is 0 Å². The molecule has 136 valence electrons. The van der Waals surface area contributed by atoms with Crippen molar-refractivity contribution in [3.8, 4) is 17.2 Å². The van der Waals surface area contributed by atoms with Crippen molar-refractivity contribution >= 4 is 5.69 Å². The number of nitrogens with zero attached hydrogens (tertiary/aromatic N) is 1. The van der Waals surface area contributed by atoms with Crippen molar-refractivity contribution in [2.75, 3.05) is 18.6 Å². The highest BCUT2D eigenvalue weighted by Gasteiger charge is 2.13. The van der Waals surface area contributed by atoms with Crippen LogP contribution in [0.4, 0.5) is 5.69 Å². The van der Waals surface area contributed by atoms with Gasteiger partial charge in [-0.2, -0.15) is 0 Å². The monoisotopic (exact) mass is 350 g/mol. The summed E-state index contributed by atoms with van der Waals surface area (Å²) >= 11 is 0. The van der Waals surface area contributed by atoms with Gasteiger partial charge in [-0.15, -0.1) is 0 Å². The molecule has 2 aromatic rings. The van der Waals surface area contributed by atoms with E-state index in [2.05, 4.69) is 48.3 Å². The fourth-order valence-electron chi connectivity index (χ4n) is 2.90. The Morgan fingerprint density at radius 2 is 1.77 bits per heavy atom. The number of hydrogen-bond acceptors (Lipinski definition) is 4. The number of para-hydroxylation sites is 2. The van der Waals surface area contributed by atoms with Crippen LogP contribution < -0.4 is 19.7 Å². The minimum atomic E-state index is 0.393. The SMILES string of the molecule is COc1ccccc1Oc1ccc(N(CC2=CCC=CN2)C(C)C)cc1. The molecule has 1 heterocycles. The first-order valence-electron chi connectivity index (χ1n) is 8.95. The van der Waals surface area contributed by atoms with Crippen LogP contribution in [0.25, 0.3) is 0 Å². The van der Waals surface area contributed by atoms with Crippen molar-refractivity contribution < 1.29 is 9.47 Å². The quantitative estimate of drug-likeness (QED) is 0.754. The minimum absolute atomic E-state index is 0.393. The third-order valence-corrected chi connectivity index (χ3v) is 4.32. The van der Waals surface area contributed by atoms with Crippen LogP contribution in [0.15, 0.2) is 72.6 Å². The van der Waals surface area contributed by atoms with Gasteiger partial charge in [-0.05, 0) is 62.9 Å². The van der Waals surface area contributed by atoms with Crippen molar-refractivity contribution in [2.24, 2.45) is 0 Å². The van der Waals surface area contributed by atoms with Crippen LogP contribution in [0.2, 0.25) is 0 Å². The fraction of sp³-hybridized carbons (Fsp3) is 0.273. The highest BCUT2D eigenvalue weighted by Crippen LogP contribution is 2.32. The Bertz CT molecular complexity index is 779. The van der Waals surface area contributed by atoms with E-state index in [4.69, 9.17) is 9.47 Å². The lowest BCUT2D eigenvalue weighted by Gasteiger charge is -2.30. The van der Waals surface area contributed by atoms with Gasteiger partial charge >= 0.3 is 0 Å². The lowest BCUT2D eigenvalue weighted by Crippen LogP contribution is -2.35. The zero-order valence-corrected chi connectivity index (χ0v) is 15.6. The van der Waals surface area contributed by atoms with Crippen LogP contribution >= 0.6 is 0 Å². The average molecular weight is 350 g/mol. The van der Waals surface area contributed by atoms with Gasteiger partial charge in [0.2, 0.25) is 0 Å². The molecule has 3 rings (SSSR count). The number of allylic oxidation sites excluding steroid dienone is 2. The molecule has 0 saturated heterocycles. The van der Waals surface area contributed by atoms with Crippen molar-refractivity contribution in [3.63, 3.8) is 0 Å². The molecule has 0 radical (unpaired) electrons. The Morgan fingerprint density at radius 3 is 2.38 bits per heavy atom. The number of nitrogens with one attached hydrogen (secondary N) is 1. The maximum atomic E-state index is 5.97. The van der Waals surface area contributed by atoms with Crippen LogP contribution in [0.1, 0.15) is 20.3 Å². The molecule has 4 heteroatoms. The fourth-order valence-corrected chi connectivity index (χ4v) is 2.90. The van der Waals surface area contributed by atoms with E-state index in [0.29, 0.717) is 11.8 Å². The first-order chi connectivity index (χ1) is 12.7. The van der Waals surface area contributed by atoms with Gasteiger partial charge in [0.1, 0.15) is 5.75 Å². The number of methoxy groups -OCH3 is 1. The second kappa shape index (κ2) is 8.48. The molecule has 0 fully saturated rings. The van der Waals surface area contributed by atoms with E-state index in [-0.39, 0.29) is 0 Å². The Kier molecular flexibility index (Phi) is 5.84. The average Bonchev–Trinajstić information content (AvgIpc) is 2.68. The normalized spacial score (nSPS) is 13.2. The molecular weight excluding hydrogens is 324 g/mol. The summed E-state index contributed by atoms with van der Waals surface area (Å²) in [6.45, 7) is 5.27. The van der Waals surface area contributed by atoms with Crippen LogP contribution in [0.3, 0.4) is 0 Å². The summed E-state index contributed by atoms with van der Waals surface area (Å²) in [5.41, 5.74) is 2.40. The summed E-state index contributed by atoms with van der Waals surface area (Å²) in [6, 6.07) is 16.3. The highest BCUT2D eigenvalue weighted by molar-refractivity contribution is 5.52. The molecule has 0 unspecified atom stereocenters. The third kappa shape index (κ3) is 4.39. The Labute approximate surface area is 155 Å². The number of benzene rings is 2. The summed E-state index contributed by atoms with van der Waals surface area (Å²) in [4.78, 5) is 2.37. The molecule has 0 aliphatic carbocycles. The van der Waals surface area contributed by atoms with Crippen molar-refractivity contribution in [1.82, 2.24) is 5.32 Å². The largest absolute Gasteiger partial charge is 0.493 e. The lowest BCUT2D eigenvalue weighted by molar-refractivity contribution is 0.379. The van der Waals surface area contributed by atoms with Gasteiger partial charge in [0, 0.05) is 17.4 Å². The Balaban J connectivity index is 1.73. The first kappa shape index (κ1) is 17.9. The summed E-state index contributed by atoms with van der Waals surface area (Å²) in [5, 5.41) is 3.33. The van der Waals surface area contributed by atoms with E-state index in [1.54, 1.807) is 7.11 Å². The van der Waals surface area contributed by atoms with Gasteiger partial charge in [-0.1, -0.05) is 24.3 Å². The summed E-state index contributed by atoms with van der Waals surface area (Å²) < 4.78 is 11.3. The van der Waals surface area contributed by atoms with E-state index in [9.17, 15) is 0 Å². The molecule has 26 heavy (non-hydrogen) atoms. The zero-order chi connectivity index (χ0) is 18.4. The Morgan fingerprint density at radius 1 is 1.04 bits per heavy atom. The second-order valence-electron chi connectivity index (χ2n) is 6.48. The molecule has 1 N–H and O–H groups in total. The van der Waals surface area contributed by atoms with Crippen LogP contribution in [0, 0.1) is 0 Å². The predicted molar refractivity (Wildman–Crippen MR) is 107 cm³/mol. The van der Waals surface area contributed by atoms with Gasteiger partial charge in [0.25, 0.3) is 0 Å². The topological polar surface area (TPSA) is 33.7 Å². The van der Waals surface area contributed by atoms with Crippen molar-refractivity contribution in [2.45, 2.75) is 26.3 Å². The van der Waals surface area contributed by atoms with E-state index in [1.807, 2.05) is 42.6 Å². The summed E-state index contributed by atoms with van der Waals surface area (Å²) in [7, 11) is 1.65. The van der Waals surface area contributed by atoms with Gasteiger partial charge in [-0.3, -0.25) is 0 Å². The lowest BCUT2D eigenvalue weighted by atomic mass is 10.2. The van der Waals surface area contributed by atoms with Crippen molar-refractivity contribution in [3.05, 3.63) is 72.6 Å². The smallest absolute Gasteiger partial charge is 0.169 e. The summed E-state index contributed by atoms with van der Waals surface area (Å²) in [6.07, 6.45) is 7.35. The Hall–Kier alpha value is -2.88. The molecule has 2 aromatic carbocycles. The van der Waals surface area contributed by atoms with Gasteiger partial charge in [0.15, 0.2) is 11.5 Å². The van der Waals surface area contributed by atoms with Gasteiger partial charge < -0.3 is 19.7 Å². The predicted octanol–water partition coefficient (Wildman–Crippen LogP) is 5.09. The van der Waals surface area contributed by atoms with E-state index >= 15 is 0 Å². The second-order valence-corrected chi connectivity index (χ2v) is 6.48. The number of rotatable bonds is 7.